The average molecular weight is 380 g/mol. The molecule has 0 spiro atoms. The Hall–Kier alpha value is -2.48. The number of benzene rings is 1. The van der Waals surface area contributed by atoms with Crippen LogP contribution in [0.4, 0.5) is 4.39 Å². The van der Waals surface area contributed by atoms with Crippen LogP contribution in [0.2, 0.25) is 0 Å². The van der Waals surface area contributed by atoms with Gasteiger partial charge in [-0.2, -0.15) is 0 Å². The Morgan fingerprint density at radius 1 is 1.37 bits per heavy atom. The van der Waals surface area contributed by atoms with Crippen molar-refractivity contribution in [2.75, 3.05) is 13.7 Å². The Labute approximate surface area is 157 Å². The van der Waals surface area contributed by atoms with Gasteiger partial charge in [0.2, 0.25) is 5.91 Å². The summed E-state index contributed by atoms with van der Waals surface area (Å²) in [6.45, 7) is 3.35. The molecular formula is C19H25FN2O5. The van der Waals surface area contributed by atoms with Crippen LogP contribution in [0.1, 0.15) is 32.3 Å². The number of halogens is 1. The van der Waals surface area contributed by atoms with Gasteiger partial charge >= 0.3 is 11.9 Å². The van der Waals surface area contributed by atoms with Gasteiger partial charge in [-0.05, 0) is 50.4 Å². The fourth-order valence-electron chi connectivity index (χ4n) is 3.33. The molecule has 1 saturated heterocycles. The van der Waals surface area contributed by atoms with Crippen LogP contribution in [-0.2, 0) is 30.3 Å². The number of carbonyl (C=O) groups excluding carboxylic acids is 3. The third-order valence-corrected chi connectivity index (χ3v) is 4.64. The summed E-state index contributed by atoms with van der Waals surface area (Å²) >= 11 is 0. The highest BCUT2D eigenvalue weighted by atomic mass is 19.1. The van der Waals surface area contributed by atoms with Gasteiger partial charge in [0.15, 0.2) is 6.04 Å². The van der Waals surface area contributed by atoms with Gasteiger partial charge in [-0.3, -0.25) is 9.59 Å². The average Bonchev–Trinajstić information content (AvgIpc) is 3.07. The predicted molar refractivity (Wildman–Crippen MR) is 95.2 cm³/mol. The zero-order valence-corrected chi connectivity index (χ0v) is 15.7. The van der Waals surface area contributed by atoms with Crippen molar-refractivity contribution in [3.63, 3.8) is 0 Å². The predicted octanol–water partition coefficient (Wildman–Crippen LogP) is 1.10. The lowest BCUT2D eigenvalue weighted by atomic mass is 9.87. The molecule has 0 bridgehead atoms. The van der Waals surface area contributed by atoms with Crippen LogP contribution in [0.15, 0.2) is 24.3 Å². The standard InChI is InChI=1S/C19H25FN2O5/c1-12(27-13(2)23)16(17(24)26-3)22-18(25)19(8-5-9-21-19)11-14-6-4-7-15(20)10-14/h4,6-7,10,12,16,21H,5,8-9,11H2,1-3H3,(H,22,25). The Bertz CT molecular complexity index is 703. The quantitative estimate of drug-likeness (QED) is 0.688. The van der Waals surface area contributed by atoms with Gasteiger partial charge in [0.25, 0.3) is 0 Å². The first-order chi connectivity index (χ1) is 12.8. The van der Waals surface area contributed by atoms with Gasteiger partial charge in [-0.15, -0.1) is 0 Å². The molecular weight excluding hydrogens is 355 g/mol. The zero-order chi connectivity index (χ0) is 20.0. The molecule has 0 radical (unpaired) electrons. The van der Waals surface area contributed by atoms with Crippen molar-refractivity contribution >= 4 is 17.8 Å². The second kappa shape index (κ2) is 8.94. The Kier molecular flexibility index (Phi) is 6.90. The van der Waals surface area contributed by atoms with Crippen molar-refractivity contribution in [2.45, 2.75) is 50.8 Å². The minimum Gasteiger partial charge on any atom is -0.467 e. The summed E-state index contributed by atoms with van der Waals surface area (Å²) in [6, 6.07) is 4.92. The molecule has 8 heteroatoms. The summed E-state index contributed by atoms with van der Waals surface area (Å²) in [6.07, 6.45) is 0.675. The highest BCUT2D eigenvalue weighted by Crippen LogP contribution is 2.25. The third kappa shape index (κ3) is 5.26. The number of hydrogen-bond acceptors (Lipinski definition) is 6. The van der Waals surface area contributed by atoms with E-state index in [1.165, 1.54) is 33.1 Å². The summed E-state index contributed by atoms with van der Waals surface area (Å²) < 4.78 is 23.3. The highest BCUT2D eigenvalue weighted by Gasteiger charge is 2.43. The molecule has 1 aromatic rings. The number of amides is 1. The fraction of sp³-hybridized carbons (Fsp3) is 0.526. The molecule has 7 nitrogen and oxygen atoms in total. The minimum atomic E-state index is -1.14. The summed E-state index contributed by atoms with van der Waals surface area (Å²) in [5, 5.41) is 5.83. The van der Waals surface area contributed by atoms with Crippen molar-refractivity contribution in [1.29, 1.82) is 0 Å². The first-order valence-corrected chi connectivity index (χ1v) is 8.83. The van der Waals surface area contributed by atoms with Gasteiger partial charge < -0.3 is 20.1 Å². The topological polar surface area (TPSA) is 93.7 Å². The smallest absolute Gasteiger partial charge is 0.332 e. The first-order valence-electron chi connectivity index (χ1n) is 8.83. The van der Waals surface area contributed by atoms with Gasteiger partial charge in [0.05, 0.1) is 7.11 Å². The SMILES string of the molecule is COC(=O)C(NC(=O)C1(Cc2cccc(F)c2)CCCN1)C(C)OC(C)=O. The maximum atomic E-state index is 13.5. The van der Waals surface area contributed by atoms with Gasteiger partial charge in [-0.25, -0.2) is 9.18 Å². The molecule has 2 rings (SSSR count). The molecule has 0 aromatic heterocycles. The number of rotatable bonds is 7. The van der Waals surface area contributed by atoms with Crippen LogP contribution in [-0.4, -0.2) is 49.2 Å². The molecule has 1 aromatic carbocycles. The van der Waals surface area contributed by atoms with E-state index in [4.69, 9.17) is 9.47 Å². The Morgan fingerprint density at radius 2 is 2.11 bits per heavy atom. The van der Waals surface area contributed by atoms with E-state index in [9.17, 15) is 18.8 Å². The molecule has 3 atom stereocenters. The molecule has 148 valence electrons. The van der Waals surface area contributed by atoms with E-state index >= 15 is 0 Å². The van der Waals surface area contributed by atoms with Crippen molar-refractivity contribution in [3.8, 4) is 0 Å². The fourth-order valence-corrected chi connectivity index (χ4v) is 3.33. The maximum absolute atomic E-state index is 13.5. The second-order valence-electron chi connectivity index (χ2n) is 6.71. The molecule has 1 heterocycles. The number of methoxy groups -OCH3 is 1. The van der Waals surface area contributed by atoms with E-state index in [2.05, 4.69) is 10.6 Å². The van der Waals surface area contributed by atoms with Crippen molar-refractivity contribution in [3.05, 3.63) is 35.6 Å². The lowest BCUT2D eigenvalue weighted by molar-refractivity contribution is -0.156. The Morgan fingerprint density at radius 3 is 2.67 bits per heavy atom. The van der Waals surface area contributed by atoms with E-state index < -0.39 is 35.5 Å². The molecule has 1 aliphatic rings. The summed E-state index contributed by atoms with van der Waals surface area (Å²) in [5.41, 5.74) is -0.307. The van der Waals surface area contributed by atoms with E-state index in [0.29, 0.717) is 18.5 Å². The minimum absolute atomic E-state index is 0.270. The van der Waals surface area contributed by atoms with Crippen LogP contribution in [0, 0.1) is 5.82 Å². The molecule has 3 unspecified atom stereocenters. The third-order valence-electron chi connectivity index (χ3n) is 4.64. The molecule has 0 saturated carbocycles. The Balaban J connectivity index is 2.21. The summed E-state index contributed by atoms with van der Waals surface area (Å²) in [5.74, 6) is -2.08. The van der Waals surface area contributed by atoms with Gasteiger partial charge in [0.1, 0.15) is 17.5 Å². The van der Waals surface area contributed by atoms with E-state index in [1.54, 1.807) is 12.1 Å². The molecule has 2 N–H and O–H groups in total. The molecule has 1 amide bonds. The van der Waals surface area contributed by atoms with E-state index in [1.807, 2.05) is 0 Å². The monoisotopic (exact) mass is 380 g/mol. The van der Waals surface area contributed by atoms with Crippen molar-refractivity contribution < 1.29 is 28.2 Å². The van der Waals surface area contributed by atoms with Crippen molar-refractivity contribution in [1.82, 2.24) is 10.6 Å². The van der Waals surface area contributed by atoms with Gasteiger partial charge in [0, 0.05) is 6.92 Å². The number of ether oxygens (including phenoxy) is 2. The molecule has 27 heavy (non-hydrogen) atoms. The zero-order valence-electron chi connectivity index (χ0n) is 15.7. The lowest BCUT2D eigenvalue weighted by Crippen LogP contribution is -2.60. The van der Waals surface area contributed by atoms with E-state index in [0.717, 1.165) is 6.42 Å². The van der Waals surface area contributed by atoms with Crippen LogP contribution < -0.4 is 10.6 Å². The highest BCUT2D eigenvalue weighted by molar-refractivity contribution is 5.91. The number of carbonyl (C=O) groups is 3. The second-order valence-corrected chi connectivity index (χ2v) is 6.71. The molecule has 0 aliphatic carbocycles. The number of hydrogen-bond donors (Lipinski definition) is 2. The van der Waals surface area contributed by atoms with Crippen LogP contribution >= 0.6 is 0 Å². The molecule has 1 aliphatic heterocycles. The first kappa shape index (κ1) is 20.8. The lowest BCUT2D eigenvalue weighted by Gasteiger charge is -2.31. The van der Waals surface area contributed by atoms with Crippen LogP contribution in [0.25, 0.3) is 0 Å². The van der Waals surface area contributed by atoms with E-state index in [-0.39, 0.29) is 12.2 Å². The maximum Gasteiger partial charge on any atom is 0.332 e. The number of nitrogens with one attached hydrogen (secondary N) is 2. The van der Waals surface area contributed by atoms with Crippen LogP contribution in [0.5, 0.6) is 0 Å². The normalized spacial score (nSPS) is 21.2. The van der Waals surface area contributed by atoms with Crippen molar-refractivity contribution in [2.24, 2.45) is 0 Å². The summed E-state index contributed by atoms with van der Waals surface area (Å²) in [7, 11) is 1.19. The summed E-state index contributed by atoms with van der Waals surface area (Å²) in [4.78, 5) is 36.4. The van der Waals surface area contributed by atoms with Crippen LogP contribution in [0.3, 0.4) is 0 Å². The number of esters is 2. The largest absolute Gasteiger partial charge is 0.467 e. The van der Waals surface area contributed by atoms with Gasteiger partial charge in [-0.1, -0.05) is 12.1 Å². The molecule has 1 fully saturated rings.